The molecule has 0 saturated carbocycles. The number of piperidine rings is 1. The number of carbonyl (C=O) groups excluding carboxylic acids is 1. The topological polar surface area (TPSA) is 71.7 Å². The van der Waals surface area contributed by atoms with Gasteiger partial charge in [0.05, 0.1) is 18.0 Å². The van der Waals surface area contributed by atoms with Crippen LogP contribution in [0.15, 0.2) is 17.4 Å². The molecule has 0 radical (unpaired) electrons. The van der Waals surface area contributed by atoms with Crippen molar-refractivity contribution in [3.63, 3.8) is 0 Å². The number of nitrogens with zero attached hydrogens (tertiary/aromatic N) is 4. The molecule has 126 valence electrons. The Morgan fingerprint density at radius 3 is 2.78 bits per heavy atom. The second-order valence-electron chi connectivity index (χ2n) is 6.72. The number of hydrogen-bond acceptors (Lipinski definition) is 5. The molecule has 1 fully saturated rings. The summed E-state index contributed by atoms with van der Waals surface area (Å²) >= 11 is 0. The second-order valence-corrected chi connectivity index (χ2v) is 6.72. The van der Waals surface area contributed by atoms with Crippen molar-refractivity contribution in [3.05, 3.63) is 12.3 Å². The zero-order valence-corrected chi connectivity index (χ0v) is 14.0. The summed E-state index contributed by atoms with van der Waals surface area (Å²) in [5.41, 5.74) is 0.939. The van der Waals surface area contributed by atoms with Crippen molar-refractivity contribution < 1.29 is 9.63 Å². The minimum absolute atomic E-state index is 0.154. The highest BCUT2D eigenvalue weighted by molar-refractivity contribution is 5.99. The van der Waals surface area contributed by atoms with Crippen LogP contribution in [0.2, 0.25) is 0 Å². The summed E-state index contributed by atoms with van der Waals surface area (Å²) in [4.78, 5) is 20.0. The zero-order chi connectivity index (χ0) is 16.4. The van der Waals surface area contributed by atoms with Gasteiger partial charge >= 0.3 is 0 Å². The summed E-state index contributed by atoms with van der Waals surface area (Å²) in [6.07, 6.45) is 3.85. The lowest BCUT2D eigenvalue weighted by Crippen LogP contribution is -2.33. The van der Waals surface area contributed by atoms with Crippen molar-refractivity contribution in [3.8, 4) is 0 Å². The van der Waals surface area contributed by atoms with Gasteiger partial charge in [-0.15, -0.1) is 0 Å². The lowest BCUT2D eigenvalue weighted by molar-refractivity contribution is -0.125. The predicted molar refractivity (Wildman–Crippen MR) is 88.4 cm³/mol. The maximum atomic E-state index is 12.4. The molecular weight excluding hydrogens is 294 g/mol. The van der Waals surface area contributed by atoms with Crippen LogP contribution in [-0.4, -0.2) is 52.5 Å². The molecule has 1 N–H and O–H groups in total. The number of anilines is 1. The Balaban J connectivity index is 1.61. The van der Waals surface area contributed by atoms with Gasteiger partial charge in [-0.1, -0.05) is 19.0 Å². The number of aromatic nitrogens is 2. The van der Waals surface area contributed by atoms with E-state index in [1.54, 1.807) is 6.20 Å². The molecule has 23 heavy (non-hydrogen) atoms. The van der Waals surface area contributed by atoms with E-state index in [0.717, 1.165) is 37.5 Å². The fourth-order valence-corrected chi connectivity index (χ4v) is 3.03. The molecule has 3 heterocycles. The Bertz CT molecular complexity index is 587. The third-order valence-corrected chi connectivity index (χ3v) is 4.61. The first kappa shape index (κ1) is 16.0. The Morgan fingerprint density at radius 2 is 2.13 bits per heavy atom. The van der Waals surface area contributed by atoms with Gasteiger partial charge in [0.15, 0.2) is 0 Å². The van der Waals surface area contributed by atoms with Crippen molar-refractivity contribution in [2.75, 3.05) is 25.5 Å². The number of carbonyl (C=O) groups is 1. The SMILES string of the molecule is CC(C)C1=NOC(C(=O)Nc2ccnn2C2CCN(C)CC2)C1. The molecule has 1 aromatic rings. The maximum absolute atomic E-state index is 12.4. The van der Waals surface area contributed by atoms with Gasteiger partial charge in [-0.25, -0.2) is 4.68 Å². The summed E-state index contributed by atoms with van der Waals surface area (Å²) < 4.78 is 1.93. The zero-order valence-electron chi connectivity index (χ0n) is 14.0. The van der Waals surface area contributed by atoms with E-state index in [0.29, 0.717) is 18.4 Å². The van der Waals surface area contributed by atoms with E-state index < -0.39 is 6.10 Å². The van der Waals surface area contributed by atoms with Crippen LogP contribution in [0.4, 0.5) is 5.82 Å². The lowest BCUT2D eigenvalue weighted by atomic mass is 10.0. The van der Waals surface area contributed by atoms with Crippen LogP contribution in [0, 0.1) is 5.92 Å². The first-order valence-corrected chi connectivity index (χ1v) is 8.30. The van der Waals surface area contributed by atoms with Crippen molar-refractivity contribution in [1.82, 2.24) is 14.7 Å². The second kappa shape index (κ2) is 6.70. The molecular formula is C16H25N5O2. The molecule has 0 bridgehead atoms. The molecule has 1 aromatic heterocycles. The van der Waals surface area contributed by atoms with Crippen molar-refractivity contribution in [2.45, 2.75) is 45.3 Å². The molecule has 2 aliphatic heterocycles. The first-order valence-electron chi connectivity index (χ1n) is 8.30. The number of nitrogens with one attached hydrogen (secondary N) is 1. The molecule has 7 nitrogen and oxygen atoms in total. The van der Waals surface area contributed by atoms with Gasteiger partial charge in [-0.2, -0.15) is 5.10 Å². The van der Waals surface area contributed by atoms with Gasteiger partial charge in [0.2, 0.25) is 6.10 Å². The van der Waals surface area contributed by atoms with E-state index in [9.17, 15) is 4.79 Å². The van der Waals surface area contributed by atoms with Crippen LogP contribution in [0.1, 0.15) is 39.2 Å². The third-order valence-electron chi connectivity index (χ3n) is 4.61. The predicted octanol–water partition coefficient (Wildman–Crippen LogP) is 1.89. The molecule has 1 amide bonds. The van der Waals surface area contributed by atoms with Crippen LogP contribution < -0.4 is 5.32 Å². The molecule has 0 aliphatic carbocycles. The number of likely N-dealkylation sites (tertiary alicyclic amines) is 1. The average Bonchev–Trinajstić information content (AvgIpc) is 3.17. The third kappa shape index (κ3) is 3.55. The summed E-state index contributed by atoms with van der Waals surface area (Å²) in [6.45, 7) is 6.21. The van der Waals surface area contributed by atoms with E-state index in [4.69, 9.17) is 4.84 Å². The normalized spacial score (nSPS) is 23.0. The van der Waals surface area contributed by atoms with Crippen LogP contribution in [0.5, 0.6) is 0 Å². The monoisotopic (exact) mass is 319 g/mol. The molecule has 1 atom stereocenters. The highest BCUT2D eigenvalue weighted by atomic mass is 16.6. The lowest BCUT2D eigenvalue weighted by Gasteiger charge is -2.30. The highest BCUT2D eigenvalue weighted by Crippen LogP contribution is 2.25. The molecule has 7 heteroatoms. The van der Waals surface area contributed by atoms with Crippen LogP contribution in [-0.2, 0) is 9.63 Å². The Morgan fingerprint density at radius 1 is 1.39 bits per heavy atom. The summed E-state index contributed by atoms with van der Waals surface area (Å²) in [5, 5.41) is 11.4. The molecule has 1 saturated heterocycles. The van der Waals surface area contributed by atoms with Gasteiger partial charge in [-0.3, -0.25) is 4.79 Å². The number of amides is 1. The average molecular weight is 319 g/mol. The molecule has 0 spiro atoms. The molecule has 1 unspecified atom stereocenters. The van der Waals surface area contributed by atoms with E-state index in [-0.39, 0.29) is 5.91 Å². The van der Waals surface area contributed by atoms with E-state index in [1.807, 2.05) is 10.7 Å². The van der Waals surface area contributed by atoms with Crippen molar-refractivity contribution in [1.29, 1.82) is 0 Å². The van der Waals surface area contributed by atoms with E-state index in [2.05, 4.69) is 41.4 Å². The Kier molecular flexibility index (Phi) is 4.66. The molecule has 2 aliphatic rings. The van der Waals surface area contributed by atoms with Gasteiger partial charge in [0, 0.05) is 12.5 Å². The molecule has 3 rings (SSSR count). The quantitative estimate of drug-likeness (QED) is 0.920. The maximum Gasteiger partial charge on any atom is 0.269 e. The van der Waals surface area contributed by atoms with E-state index >= 15 is 0 Å². The summed E-state index contributed by atoms with van der Waals surface area (Å²) in [5.74, 6) is 0.891. The molecule has 0 aromatic carbocycles. The standard InChI is InChI=1S/C16H25N5O2/c1-11(2)13-10-14(23-19-13)16(22)18-15-4-7-17-21(15)12-5-8-20(3)9-6-12/h4,7,11-12,14H,5-6,8-10H2,1-3H3,(H,18,22). The largest absolute Gasteiger partial charge is 0.382 e. The van der Waals surface area contributed by atoms with Gasteiger partial charge in [-0.05, 0) is 38.9 Å². The number of hydrogen-bond donors (Lipinski definition) is 1. The van der Waals surface area contributed by atoms with Gasteiger partial charge in [0.1, 0.15) is 5.82 Å². The fourth-order valence-electron chi connectivity index (χ4n) is 3.03. The number of rotatable bonds is 4. The van der Waals surface area contributed by atoms with Crippen molar-refractivity contribution >= 4 is 17.4 Å². The fraction of sp³-hybridized carbons (Fsp3) is 0.688. The van der Waals surface area contributed by atoms with Crippen molar-refractivity contribution in [2.24, 2.45) is 11.1 Å². The van der Waals surface area contributed by atoms with E-state index in [1.165, 1.54) is 0 Å². The van der Waals surface area contributed by atoms with Crippen LogP contribution >= 0.6 is 0 Å². The summed E-state index contributed by atoms with van der Waals surface area (Å²) in [7, 11) is 2.13. The Hall–Kier alpha value is -1.89. The van der Waals surface area contributed by atoms with Gasteiger partial charge < -0.3 is 15.1 Å². The first-order chi connectivity index (χ1) is 11.0. The minimum Gasteiger partial charge on any atom is -0.382 e. The number of oxime groups is 1. The van der Waals surface area contributed by atoms with Gasteiger partial charge in [0.25, 0.3) is 5.91 Å². The van der Waals surface area contributed by atoms with Crippen LogP contribution in [0.3, 0.4) is 0 Å². The smallest absolute Gasteiger partial charge is 0.269 e. The summed E-state index contributed by atoms with van der Waals surface area (Å²) in [6, 6.07) is 2.18. The Labute approximate surface area is 136 Å². The minimum atomic E-state index is -0.534. The highest BCUT2D eigenvalue weighted by Gasteiger charge is 2.30. The van der Waals surface area contributed by atoms with Crippen LogP contribution in [0.25, 0.3) is 0 Å².